The first-order valence-electron chi connectivity index (χ1n) is 8.66. The number of fused-ring (bicyclic) bond motifs is 2. The van der Waals surface area contributed by atoms with Gasteiger partial charge >= 0.3 is 0 Å². The van der Waals surface area contributed by atoms with Gasteiger partial charge in [-0.1, -0.05) is 11.3 Å². The first kappa shape index (κ1) is 16.3. The molecule has 0 aliphatic heterocycles. The van der Waals surface area contributed by atoms with Crippen LogP contribution in [0, 0.1) is 0 Å². The number of methoxy groups -OCH3 is 1. The Balaban J connectivity index is 1.45. The molecule has 8 nitrogen and oxygen atoms in total. The number of thiophene rings is 1. The third-order valence-electron chi connectivity index (χ3n) is 4.49. The van der Waals surface area contributed by atoms with Crippen LogP contribution in [0.2, 0.25) is 0 Å². The van der Waals surface area contributed by atoms with Crippen LogP contribution in [-0.2, 0) is 24.2 Å². The maximum absolute atomic E-state index is 5.09. The highest BCUT2D eigenvalue weighted by Crippen LogP contribution is 2.29. The Bertz CT molecular complexity index is 1140. The van der Waals surface area contributed by atoms with Crippen molar-refractivity contribution < 1.29 is 4.74 Å². The van der Waals surface area contributed by atoms with Crippen molar-refractivity contribution >= 4 is 28.7 Å². The van der Waals surface area contributed by atoms with Crippen LogP contribution >= 0.6 is 11.3 Å². The molecule has 0 radical (unpaired) electrons. The first-order chi connectivity index (χ1) is 13.3. The molecule has 0 bridgehead atoms. The zero-order valence-corrected chi connectivity index (χ0v) is 15.6. The third-order valence-corrected chi connectivity index (χ3v) is 5.61. The van der Waals surface area contributed by atoms with E-state index in [-0.39, 0.29) is 0 Å². The van der Waals surface area contributed by atoms with Gasteiger partial charge in [0.2, 0.25) is 5.65 Å². The van der Waals surface area contributed by atoms with Crippen molar-refractivity contribution in [2.45, 2.75) is 19.5 Å². The van der Waals surface area contributed by atoms with Crippen LogP contribution in [0.15, 0.2) is 30.7 Å². The minimum Gasteiger partial charge on any atom is -0.383 e. The summed E-state index contributed by atoms with van der Waals surface area (Å²) in [6, 6.07) is 2.24. The van der Waals surface area contributed by atoms with Crippen molar-refractivity contribution in [1.29, 1.82) is 0 Å². The van der Waals surface area contributed by atoms with Crippen molar-refractivity contribution in [3.63, 3.8) is 0 Å². The molecule has 0 aromatic carbocycles. The van der Waals surface area contributed by atoms with Crippen molar-refractivity contribution in [1.82, 2.24) is 34.7 Å². The highest BCUT2D eigenvalue weighted by atomic mass is 32.1. The van der Waals surface area contributed by atoms with Gasteiger partial charge in [0.05, 0.1) is 37.8 Å². The molecule has 1 aliphatic rings. The zero-order valence-electron chi connectivity index (χ0n) is 14.7. The molecule has 1 aliphatic carbocycles. The molecular formula is C18H17N7OS. The smallest absolute Gasteiger partial charge is 0.221 e. The van der Waals surface area contributed by atoms with Gasteiger partial charge in [-0.3, -0.25) is 4.68 Å². The van der Waals surface area contributed by atoms with Gasteiger partial charge in [0.25, 0.3) is 0 Å². The molecule has 4 aromatic rings. The molecule has 0 saturated carbocycles. The summed E-state index contributed by atoms with van der Waals surface area (Å²) in [5.41, 5.74) is 4.28. The zero-order chi connectivity index (χ0) is 18.2. The number of ether oxygens (including phenoxy) is 1. The molecule has 0 N–H and O–H groups in total. The Hall–Kier alpha value is -2.91. The quantitative estimate of drug-likeness (QED) is 0.512. The number of rotatable bonds is 6. The lowest BCUT2D eigenvalue weighted by molar-refractivity contribution is 0.183. The number of aromatic nitrogens is 7. The van der Waals surface area contributed by atoms with Crippen molar-refractivity contribution in [2.24, 2.45) is 0 Å². The van der Waals surface area contributed by atoms with Gasteiger partial charge in [0.1, 0.15) is 0 Å². The fourth-order valence-corrected chi connectivity index (χ4v) is 4.23. The molecule has 0 atom stereocenters. The van der Waals surface area contributed by atoms with Crippen molar-refractivity contribution in [2.75, 3.05) is 13.7 Å². The van der Waals surface area contributed by atoms with Gasteiger partial charge in [0, 0.05) is 28.6 Å². The maximum Gasteiger partial charge on any atom is 0.221 e. The lowest BCUT2D eigenvalue weighted by atomic mass is 10.2. The molecule has 4 heterocycles. The normalized spacial score (nSPS) is 12.9. The van der Waals surface area contributed by atoms with E-state index in [9.17, 15) is 0 Å². The van der Waals surface area contributed by atoms with Gasteiger partial charge in [-0.15, -0.1) is 16.4 Å². The van der Waals surface area contributed by atoms with Crippen LogP contribution in [0.5, 0.6) is 0 Å². The summed E-state index contributed by atoms with van der Waals surface area (Å²) in [4.78, 5) is 11.7. The number of allylic oxidation sites excluding steroid dienone is 1. The number of hydrogen-bond acceptors (Lipinski definition) is 7. The maximum atomic E-state index is 5.09. The van der Waals surface area contributed by atoms with Crippen LogP contribution in [0.1, 0.15) is 15.3 Å². The van der Waals surface area contributed by atoms with Crippen LogP contribution < -0.4 is 0 Å². The lowest BCUT2D eigenvalue weighted by Gasteiger charge is -2.01. The topological polar surface area (TPSA) is 83.5 Å². The predicted octanol–water partition coefficient (Wildman–Crippen LogP) is 2.41. The van der Waals surface area contributed by atoms with Gasteiger partial charge < -0.3 is 4.74 Å². The summed E-state index contributed by atoms with van der Waals surface area (Å²) in [6.45, 7) is 1.96. The van der Waals surface area contributed by atoms with Gasteiger partial charge in [-0.05, 0) is 24.1 Å². The van der Waals surface area contributed by atoms with Crippen LogP contribution in [0.4, 0.5) is 0 Å². The second-order valence-electron chi connectivity index (χ2n) is 6.34. The average Bonchev–Trinajstić information content (AvgIpc) is 3.44. The SMILES string of the molecule is COCCn1cc(-c2cnc3nnn(Cc4cc5c(s4)C=CC5)c3n2)cn1. The highest BCUT2D eigenvalue weighted by molar-refractivity contribution is 7.13. The van der Waals surface area contributed by atoms with E-state index in [0.29, 0.717) is 31.0 Å². The van der Waals surface area contributed by atoms with Gasteiger partial charge in [-0.25, -0.2) is 14.6 Å². The van der Waals surface area contributed by atoms with Gasteiger partial charge in [-0.2, -0.15) is 5.10 Å². The molecule has 136 valence electrons. The minimum absolute atomic E-state index is 0.550. The summed E-state index contributed by atoms with van der Waals surface area (Å²) in [5, 5.41) is 12.7. The molecule has 27 heavy (non-hydrogen) atoms. The molecule has 0 amide bonds. The van der Waals surface area contributed by atoms with Gasteiger partial charge in [0.15, 0.2) is 5.65 Å². The summed E-state index contributed by atoms with van der Waals surface area (Å²) in [7, 11) is 1.68. The average molecular weight is 379 g/mol. The number of nitrogens with zero attached hydrogens (tertiary/aromatic N) is 7. The monoisotopic (exact) mass is 379 g/mol. The molecule has 0 saturated heterocycles. The summed E-state index contributed by atoms with van der Waals surface area (Å²) in [6.07, 6.45) is 10.8. The van der Waals surface area contributed by atoms with E-state index in [1.165, 1.54) is 15.3 Å². The second kappa shape index (κ2) is 6.67. The van der Waals surface area contributed by atoms with Crippen molar-refractivity contribution in [3.8, 4) is 11.3 Å². The number of hydrogen-bond donors (Lipinski definition) is 0. The van der Waals surface area contributed by atoms with E-state index < -0.39 is 0 Å². The lowest BCUT2D eigenvalue weighted by Crippen LogP contribution is -2.04. The Morgan fingerprint density at radius 3 is 3.15 bits per heavy atom. The Labute approximate surface area is 159 Å². The molecule has 0 fully saturated rings. The summed E-state index contributed by atoms with van der Waals surface area (Å²) < 4.78 is 8.74. The molecule has 0 unspecified atom stereocenters. The first-order valence-corrected chi connectivity index (χ1v) is 9.48. The Kier molecular flexibility index (Phi) is 4.02. The summed E-state index contributed by atoms with van der Waals surface area (Å²) >= 11 is 1.79. The second-order valence-corrected chi connectivity index (χ2v) is 7.51. The van der Waals surface area contributed by atoms with E-state index >= 15 is 0 Å². The van der Waals surface area contributed by atoms with Crippen LogP contribution in [-0.4, -0.2) is 48.5 Å². The van der Waals surface area contributed by atoms with Crippen molar-refractivity contribution in [3.05, 3.63) is 46.1 Å². The van der Waals surface area contributed by atoms with E-state index in [1.807, 2.05) is 15.6 Å². The molecule has 9 heteroatoms. The Morgan fingerprint density at radius 1 is 1.30 bits per heavy atom. The van der Waals surface area contributed by atoms with E-state index in [0.717, 1.165) is 17.7 Å². The summed E-state index contributed by atoms with van der Waals surface area (Å²) in [5.74, 6) is 0. The Morgan fingerprint density at radius 2 is 2.26 bits per heavy atom. The fourth-order valence-electron chi connectivity index (χ4n) is 3.12. The molecular weight excluding hydrogens is 362 g/mol. The molecule has 4 aromatic heterocycles. The van der Waals surface area contributed by atoms with E-state index in [1.54, 1.807) is 30.8 Å². The minimum atomic E-state index is 0.550. The van der Waals surface area contributed by atoms with Crippen LogP contribution in [0.25, 0.3) is 28.6 Å². The van der Waals surface area contributed by atoms with Crippen LogP contribution in [0.3, 0.4) is 0 Å². The van der Waals surface area contributed by atoms with E-state index in [2.05, 4.69) is 38.6 Å². The highest BCUT2D eigenvalue weighted by Gasteiger charge is 2.14. The standard InChI is InChI=1S/C18H17N7OS/c1-26-6-5-24-10-13(8-20-24)15-9-19-17-18(21-15)25(23-22-17)11-14-7-12-3-2-4-16(12)27-14/h2,4,7-10H,3,5-6,11H2,1H3. The predicted molar refractivity (Wildman–Crippen MR) is 102 cm³/mol. The van der Waals surface area contributed by atoms with E-state index in [4.69, 9.17) is 9.72 Å². The molecule has 5 rings (SSSR count). The third kappa shape index (κ3) is 3.04. The molecule has 0 spiro atoms. The largest absolute Gasteiger partial charge is 0.383 e. The fraction of sp³-hybridized carbons (Fsp3) is 0.278.